The average Bonchev–Trinajstić information content (AvgIpc) is 4.07. The van der Waals surface area contributed by atoms with Crippen LogP contribution in [0, 0.1) is 22.7 Å². The summed E-state index contributed by atoms with van der Waals surface area (Å²) in [5.41, 5.74) is -4.44. The van der Waals surface area contributed by atoms with E-state index in [1.54, 1.807) is 37.3 Å². The van der Waals surface area contributed by atoms with Crippen LogP contribution in [0.5, 0.6) is 0 Å². The van der Waals surface area contributed by atoms with Gasteiger partial charge in [0.2, 0.25) is 29.5 Å². The van der Waals surface area contributed by atoms with E-state index in [-0.39, 0.29) is 56.5 Å². The Morgan fingerprint density at radius 2 is 1.58 bits per heavy atom. The molecule has 0 unspecified atom stereocenters. The number of benzene rings is 2. The molecule has 0 spiro atoms. The molecule has 1 saturated heterocycles. The molecule has 7 N–H and O–H groups in total. The molecular formula is C52H58BrF2N5O12S. The summed E-state index contributed by atoms with van der Waals surface area (Å²) >= 11 is 4.38. The molecule has 4 fully saturated rings. The van der Waals surface area contributed by atoms with E-state index in [0.717, 1.165) is 27.6 Å². The zero-order chi connectivity index (χ0) is 52.3. The number of thiophene rings is 1. The van der Waals surface area contributed by atoms with Crippen LogP contribution in [-0.4, -0.2) is 125 Å². The predicted molar refractivity (Wildman–Crippen MR) is 264 cm³/mol. The summed E-state index contributed by atoms with van der Waals surface area (Å²) in [6.45, 7) is 1.16. The third-order valence-corrected chi connectivity index (χ3v) is 16.8. The number of fused-ring (bicyclic) bond motifs is 7. The monoisotopic (exact) mass is 1090 g/mol. The van der Waals surface area contributed by atoms with Crippen LogP contribution in [0.3, 0.4) is 0 Å². The summed E-state index contributed by atoms with van der Waals surface area (Å²) in [6.07, 6.45) is -1.31. The number of hydrogen-bond donors (Lipinski definition) is 7. The Bertz CT molecular complexity index is 2690. The Kier molecular flexibility index (Phi) is 16.3. The molecule has 5 aliphatic rings. The van der Waals surface area contributed by atoms with E-state index in [9.17, 15) is 43.8 Å². The molecule has 11 atom stereocenters. The van der Waals surface area contributed by atoms with Gasteiger partial charge in [0, 0.05) is 34.5 Å². The first-order valence-corrected chi connectivity index (χ1v) is 25.9. The second-order valence-electron chi connectivity index (χ2n) is 19.6. The number of hydrogen-bond acceptors (Lipinski definition) is 13. The van der Waals surface area contributed by atoms with Crippen molar-refractivity contribution in [2.45, 2.75) is 94.5 Å². The Labute approximate surface area is 432 Å². The van der Waals surface area contributed by atoms with E-state index in [0.29, 0.717) is 11.3 Å². The van der Waals surface area contributed by atoms with Crippen molar-refractivity contribution in [1.29, 1.82) is 0 Å². The molecule has 8 rings (SSSR count). The summed E-state index contributed by atoms with van der Waals surface area (Å²) in [6, 6.07) is 19.2. The van der Waals surface area contributed by atoms with Gasteiger partial charge in [-0.25, -0.2) is 8.78 Å². The third kappa shape index (κ3) is 10.6. The lowest BCUT2D eigenvalue weighted by atomic mass is 9.44. The lowest BCUT2D eigenvalue weighted by Crippen LogP contribution is -2.70. The average molecular weight is 1100 g/mol. The Morgan fingerprint density at radius 3 is 2.33 bits per heavy atom. The first-order valence-electron chi connectivity index (χ1n) is 24.0. The standard InChI is InChI=1S/C52H58BrF2N5O12S/c1-49-14-13-32(62)18-36(49)37(54)19-35-34-20-42-52(41(64)26-61,50(34,2)21-40(63)51(35,49)55)72-48(71-42)39-12-11-33(73-39)16-30-9-6-10-31(15-30)27-70-28-59-45(67)24-58-47(69)38(17-29-7-4-3-5-8-29)60-46(68)25-57-44(66)23-56-43(65)22-53/h3-15,18,34-35,37-38,40,42,48,61,63H,16-17,19-28H2,1-2H3,(H,56,65)(H,57,66)(H,58,69)(H,59,67)(H,60,68)/t34-,35-,37-,38-,40-,42+,48+,49-,50-,51-,52+/m0/s1. The molecule has 17 nitrogen and oxygen atoms in total. The maximum absolute atomic E-state index is 17.8. The van der Waals surface area contributed by atoms with Crippen LogP contribution < -0.4 is 26.6 Å². The minimum Gasteiger partial charge on any atom is -0.390 e. The highest BCUT2D eigenvalue weighted by Crippen LogP contribution is 2.72. The topological polar surface area (TPSA) is 248 Å². The van der Waals surface area contributed by atoms with Gasteiger partial charge in [-0.3, -0.25) is 33.6 Å². The summed E-state index contributed by atoms with van der Waals surface area (Å²) in [5.74, 6) is -5.65. The fourth-order valence-corrected chi connectivity index (χ4v) is 13.0. The molecule has 1 aromatic heterocycles. The van der Waals surface area contributed by atoms with E-state index >= 15 is 8.78 Å². The second-order valence-corrected chi connectivity index (χ2v) is 21.4. The van der Waals surface area contributed by atoms with Crippen molar-refractivity contribution in [3.8, 4) is 0 Å². The van der Waals surface area contributed by atoms with Gasteiger partial charge in [-0.15, -0.1) is 11.3 Å². The lowest BCUT2D eigenvalue weighted by molar-refractivity contribution is -0.234. The summed E-state index contributed by atoms with van der Waals surface area (Å²) < 4.78 is 52.7. The van der Waals surface area contributed by atoms with Crippen molar-refractivity contribution in [2.75, 3.05) is 38.3 Å². The van der Waals surface area contributed by atoms with Gasteiger partial charge in [0.05, 0.1) is 48.7 Å². The number of ketones is 2. The van der Waals surface area contributed by atoms with Crippen molar-refractivity contribution in [2.24, 2.45) is 22.7 Å². The summed E-state index contributed by atoms with van der Waals surface area (Å²) in [4.78, 5) is 89.9. The summed E-state index contributed by atoms with van der Waals surface area (Å²) in [5, 5.41) is 34.7. The van der Waals surface area contributed by atoms with Gasteiger partial charge in [-0.2, -0.15) is 0 Å². The molecule has 3 saturated carbocycles. The highest BCUT2D eigenvalue weighted by atomic mass is 79.9. The minimum atomic E-state index is -2.35. The fourth-order valence-electron chi connectivity index (χ4n) is 11.8. The maximum Gasteiger partial charge on any atom is 0.243 e. The highest BCUT2D eigenvalue weighted by Gasteiger charge is 2.80. The van der Waals surface area contributed by atoms with E-state index in [1.807, 2.05) is 36.4 Å². The zero-order valence-electron chi connectivity index (χ0n) is 40.1. The molecule has 0 bridgehead atoms. The van der Waals surface area contributed by atoms with Gasteiger partial charge in [0.1, 0.15) is 25.6 Å². The Hall–Kier alpha value is -5.55. The van der Waals surface area contributed by atoms with Crippen molar-refractivity contribution >= 4 is 68.4 Å². The van der Waals surface area contributed by atoms with E-state index < -0.39 is 125 Å². The van der Waals surface area contributed by atoms with Crippen molar-refractivity contribution in [3.05, 3.63) is 117 Å². The van der Waals surface area contributed by atoms with Crippen molar-refractivity contribution in [1.82, 2.24) is 26.6 Å². The largest absolute Gasteiger partial charge is 0.390 e. The Morgan fingerprint density at radius 1 is 0.877 bits per heavy atom. The van der Waals surface area contributed by atoms with Crippen LogP contribution in [0.4, 0.5) is 8.78 Å². The summed E-state index contributed by atoms with van der Waals surface area (Å²) in [7, 11) is 0. The van der Waals surface area contributed by atoms with Crippen LogP contribution in [0.2, 0.25) is 0 Å². The van der Waals surface area contributed by atoms with Crippen molar-refractivity contribution in [3.63, 3.8) is 0 Å². The number of aliphatic hydroxyl groups excluding tert-OH is 2. The van der Waals surface area contributed by atoms with Crippen LogP contribution in [0.25, 0.3) is 0 Å². The molecule has 2 heterocycles. The van der Waals surface area contributed by atoms with Crippen molar-refractivity contribution < 1.29 is 66.8 Å². The number of aliphatic hydroxyl groups is 2. The van der Waals surface area contributed by atoms with E-state index in [1.165, 1.54) is 30.4 Å². The maximum atomic E-state index is 17.8. The number of carbonyl (C=O) groups is 7. The van der Waals surface area contributed by atoms with Gasteiger partial charge in [-0.05, 0) is 78.7 Å². The minimum absolute atomic E-state index is 0.000658. The van der Waals surface area contributed by atoms with Crippen LogP contribution in [0.1, 0.15) is 65.8 Å². The van der Waals surface area contributed by atoms with Crippen LogP contribution in [-0.2, 0) is 67.2 Å². The third-order valence-electron chi connectivity index (χ3n) is 15.2. The van der Waals surface area contributed by atoms with E-state index in [2.05, 4.69) is 42.5 Å². The molecule has 2 aromatic carbocycles. The van der Waals surface area contributed by atoms with Gasteiger partial charge >= 0.3 is 0 Å². The predicted octanol–water partition coefficient (Wildman–Crippen LogP) is 3.04. The van der Waals surface area contributed by atoms with Crippen LogP contribution >= 0.6 is 27.3 Å². The number of halogens is 3. The normalized spacial score (nSPS) is 30.1. The van der Waals surface area contributed by atoms with Crippen LogP contribution in [0.15, 0.2) is 90.5 Å². The number of nitrogens with one attached hydrogen (secondary N) is 5. The molecule has 73 heavy (non-hydrogen) atoms. The smallest absolute Gasteiger partial charge is 0.243 e. The number of allylic oxidation sites excluding steroid dienone is 4. The quantitative estimate of drug-likeness (QED) is 0.0491. The molecule has 0 radical (unpaired) electrons. The van der Waals surface area contributed by atoms with Gasteiger partial charge in [0.15, 0.2) is 29.1 Å². The number of ether oxygens (including phenoxy) is 3. The molecule has 1 aliphatic heterocycles. The second kappa shape index (κ2) is 22.1. The fraction of sp³-hybridized carbons (Fsp3) is 0.481. The molecule has 21 heteroatoms. The molecule has 390 valence electrons. The van der Waals surface area contributed by atoms with Gasteiger partial charge in [-0.1, -0.05) is 83.5 Å². The SMILES string of the molecule is C[C@]12C=CC(=O)C=C1[C@@H](F)C[C@H]1[C@@H]3C[C@H]4O[C@@H](c5ccc(Cc6cccc(COCNC(=O)CNC(=O)[C@H](Cc7ccccc7)NC(=O)CNC(=O)CNC(=O)CBr)c6)s5)O[C@@]4(C(=O)CO)[C@@]3(C)C[C@H](O)[C@@]12F. The lowest BCUT2D eigenvalue weighted by Gasteiger charge is -2.63. The first kappa shape index (κ1) is 53.7. The van der Waals surface area contributed by atoms with Gasteiger partial charge < -0.3 is 51.0 Å². The number of rotatable bonds is 20. The highest BCUT2D eigenvalue weighted by molar-refractivity contribution is 9.09. The number of Topliss-reactive ketones (excluding diaryl/α,β-unsaturated/α-hetero) is 1. The molecular weight excluding hydrogens is 1040 g/mol. The number of carbonyl (C=O) groups excluding carboxylic acids is 7. The van der Waals surface area contributed by atoms with E-state index in [4.69, 9.17) is 14.2 Å². The molecule has 3 aromatic rings. The molecule has 4 aliphatic carbocycles. The number of amides is 5. The first-order chi connectivity index (χ1) is 34.8. The number of alkyl halides is 3. The Balaban J connectivity index is 0.826. The van der Waals surface area contributed by atoms with Gasteiger partial charge in [0.25, 0.3) is 0 Å². The zero-order valence-corrected chi connectivity index (χ0v) is 42.5. The molecule has 5 amide bonds.